The Balaban J connectivity index is 2.04. The summed E-state index contributed by atoms with van der Waals surface area (Å²) in [7, 11) is 0. The van der Waals surface area contributed by atoms with Crippen LogP contribution in [0.15, 0.2) is 36.4 Å². The van der Waals surface area contributed by atoms with E-state index in [2.05, 4.69) is 5.32 Å². The molecule has 2 aromatic rings. The average Bonchev–Trinajstić information content (AvgIpc) is 2.54. The lowest BCUT2D eigenvalue weighted by Gasteiger charge is -2.19. The Kier molecular flexibility index (Phi) is 6.87. The van der Waals surface area contributed by atoms with Crippen LogP contribution in [-0.2, 0) is 9.53 Å². The lowest BCUT2D eigenvalue weighted by Crippen LogP contribution is -2.37. The highest BCUT2D eigenvalue weighted by Crippen LogP contribution is 2.26. The molecule has 0 bridgehead atoms. The minimum Gasteiger partial charge on any atom is -0.449 e. The molecule has 0 heterocycles. The maximum atomic E-state index is 13.7. The van der Waals surface area contributed by atoms with E-state index in [0.717, 1.165) is 6.07 Å². The van der Waals surface area contributed by atoms with Gasteiger partial charge in [0.2, 0.25) is 0 Å². The zero-order valence-corrected chi connectivity index (χ0v) is 16.1. The second-order valence-corrected chi connectivity index (χ2v) is 6.79. The van der Waals surface area contributed by atoms with E-state index in [1.54, 1.807) is 25.1 Å². The number of amides is 1. The van der Waals surface area contributed by atoms with Crippen LogP contribution in [0.3, 0.4) is 0 Å². The molecule has 0 aromatic heterocycles. The number of halogens is 4. The maximum absolute atomic E-state index is 13.7. The van der Waals surface area contributed by atoms with Crippen molar-refractivity contribution in [3.8, 4) is 0 Å². The third-order valence-electron chi connectivity index (χ3n) is 3.61. The zero-order valence-electron chi connectivity index (χ0n) is 13.9. The van der Waals surface area contributed by atoms with Crippen LogP contribution in [0.4, 0.5) is 4.39 Å². The largest absolute Gasteiger partial charge is 0.449 e. The number of nitrogens with one attached hydrogen (secondary N) is 1. The molecule has 8 heteroatoms. The number of carbonyl (C=O) groups is 2. The summed E-state index contributed by atoms with van der Waals surface area (Å²) in [6, 6.07) is 8.24. The van der Waals surface area contributed by atoms with Gasteiger partial charge in [0.25, 0.3) is 5.91 Å². The predicted molar refractivity (Wildman–Crippen MR) is 99.3 cm³/mol. The van der Waals surface area contributed by atoms with E-state index in [9.17, 15) is 14.0 Å². The van der Waals surface area contributed by atoms with Crippen molar-refractivity contribution in [1.29, 1.82) is 0 Å². The van der Waals surface area contributed by atoms with Gasteiger partial charge in [-0.3, -0.25) is 4.79 Å². The normalized spacial score (nSPS) is 13.0. The maximum Gasteiger partial charge on any atom is 0.343 e. The van der Waals surface area contributed by atoms with E-state index >= 15 is 0 Å². The van der Waals surface area contributed by atoms with Crippen molar-refractivity contribution in [3.05, 3.63) is 68.4 Å². The van der Waals surface area contributed by atoms with Gasteiger partial charge in [-0.15, -0.1) is 0 Å². The van der Waals surface area contributed by atoms with Gasteiger partial charge in [0.05, 0.1) is 11.1 Å². The van der Waals surface area contributed by atoms with E-state index in [-0.39, 0.29) is 5.02 Å². The van der Waals surface area contributed by atoms with Crippen LogP contribution < -0.4 is 5.32 Å². The molecule has 2 rings (SSSR count). The van der Waals surface area contributed by atoms with Crippen molar-refractivity contribution in [2.45, 2.75) is 26.0 Å². The molecular weight excluding hydrogens is 404 g/mol. The van der Waals surface area contributed by atoms with Crippen LogP contribution in [0, 0.1) is 5.82 Å². The molecule has 1 N–H and O–H groups in total. The Morgan fingerprint density at radius 3 is 2.38 bits per heavy atom. The molecule has 0 radical (unpaired) electrons. The fraction of sp³-hybridized carbons (Fsp3) is 0.222. The fourth-order valence-corrected chi connectivity index (χ4v) is 3.04. The first-order chi connectivity index (χ1) is 12.2. The van der Waals surface area contributed by atoms with E-state index in [0.29, 0.717) is 15.6 Å². The van der Waals surface area contributed by atoms with Crippen molar-refractivity contribution in [3.63, 3.8) is 0 Å². The standard InChI is InChI=1S/C18H15Cl3FNO3/c1-9(12-7-6-11(19)8-14(12)21)23-17(24)10(2)26-18(25)16-13(20)4-3-5-15(16)22/h3-10H,1-2H3,(H,23,24). The average molecular weight is 419 g/mol. The number of esters is 1. The van der Waals surface area contributed by atoms with Crippen LogP contribution in [-0.4, -0.2) is 18.0 Å². The number of carbonyl (C=O) groups excluding carboxylic acids is 2. The summed E-state index contributed by atoms with van der Waals surface area (Å²) in [5.74, 6) is -2.41. The molecular formula is C18H15Cl3FNO3. The van der Waals surface area contributed by atoms with Crippen LogP contribution in [0.2, 0.25) is 15.1 Å². The first-order valence-corrected chi connectivity index (χ1v) is 8.74. The van der Waals surface area contributed by atoms with E-state index in [1.807, 2.05) is 0 Å². The third kappa shape index (κ3) is 4.87. The molecule has 26 heavy (non-hydrogen) atoms. The number of rotatable bonds is 5. The first-order valence-electron chi connectivity index (χ1n) is 7.61. The number of hydrogen-bond donors (Lipinski definition) is 1. The minimum atomic E-state index is -1.16. The minimum absolute atomic E-state index is 0.0936. The van der Waals surface area contributed by atoms with Gasteiger partial charge in [0, 0.05) is 10.0 Å². The zero-order chi connectivity index (χ0) is 19.4. The van der Waals surface area contributed by atoms with E-state index < -0.39 is 35.4 Å². The summed E-state index contributed by atoms with van der Waals surface area (Å²) in [5, 5.41) is 3.45. The molecule has 0 spiro atoms. The number of hydrogen-bond acceptors (Lipinski definition) is 3. The Labute approximate surface area is 165 Å². The molecule has 0 saturated heterocycles. The Morgan fingerprint density at radius 2 is 1.77 bits per heavy atom. The van der Waals surface area contributed by atoms with Crippen molar-refractivity contribution in [1.82, 2.24) is 5.32 Å². The van der Waals surface area contributed by atoms with Gasteiger partial charge in [0.15, 0.2) is 6.10 Å². The Morgan fingerprint density at radius 1 is 1.08 bits per heavy atom. The molecule has 0 aliphatic carbocycles. The highest BCUT2D eigenvalue weighted by molar-refractivity contribution is 6.35. The van der Waals surface area contributed by atoms with Gasteiger partial charge in [0.1, 0.15) is 11.4 Å². The van der Waals surface area contributed by atoms with Crippen molar-refractivity contribution >= 4 is 46.7 Å². The molecule has 0 aliphatic rings. The van der Waals surface area contributed by atoms with E-state index in [4.69, 9.17) is 39.5 Å². The van der Waals surface area contributed by atoms with Gasteiger partial charge < -0.3 is 10.1 Å². The van der Waals surface area contributed by atoms with Gasteiger partial charge >= 0.3 is 5.97 Å². The summed E-state index contributed by atoms with van der Waals surface area (Å²) >= 11 is 17.8. The summed E-state index contributed by atoms with van der Waals surface area (Å²) in [6.45, 7) is 3.09. The van der Waals surface area contributed by atoms with Crippen molar-refractivity contribution in [2.75, 3.05) is 0 Å². The van der Waals surface area contributed by atoms with Gasteiger partial charge in [-0.1, -0.05) is 46.9 Å². The van der Waals surface area contributed by atoms with Gasteiger partial charge in [-0.25, -0.2) is 9.18 Å². The molecule has 2 unspecified atom stereocenters. The van der Waals surface area contributed by atoms with Gasteiger partial charge in [-0.2, -0.15) is 0 Å². The third-order valence-corrected chi connectivity index (χ3v) is 4.49. The molecule has 2 atom stereocenters. The summed E-state index contributed by atoms with van der Waals surface area (Å²) in [4.78, 5) is 24.3. The topological polar surface area (TPSA) is 55.4 Å². The van der Waals surface area contributed by atoms with Crippen LogP contribution in [0.1, 0.15) is 35.8 Å². The highest BCUT2D eigenvalue weighted by Gasteiger charge is 2.24. The second-order valence-electron chi connectivity index (χ2n) is 5.54. The first kappa shape index (κ1) is 20.5. The van der Waals surface area contributed by atoms with E-state index in [1.165, 1.54) is 19.1 Å². The molecule has 0 aliphatic heterocycles. The number of ether oxygens (including phenoxy) is 1. The predicted octanol–water partition coefficient (Wildman–Crippen LogP) is 5.21. The number of benzene rings is 2. The Hall–Kier alpha value is -1.82. The Bertz CT molecular complexity index is 824. The van der Waals surface area contributed by atoms with Gasteiger partial charge in [-0.05, 0) is 43.7 Å². The fourth-order valence-electron chi connectivity index (χ4n) is 2.23. The van der Waals surface area contributed by atoms with Crippen LogP contribution in [0.25, 0.3) is 0 Å². The molecule has 1 amide bonds. The quantitative estimate of drug-likeness (QED) is 0.678. The summed E-state index contributed by atoms with van der Waals surface area (Å²) < 4.78 is 18.8. The van der Waals surface area contributed by atoms with Crippen molar-refractivity contribution < 1.29 is 18.7 Å². The molecule has 0 fully saturated rings. The summed E-state index contributed by atoms with van der Waals surface area (Å²) in [6.07, 6.45) is -1.16. The molecule has 4 nitrogen and oxygen atoms in total. The monoisotopic (exact) mass is 417 g/mol. The smallest absolute Gasteiger partial charge is 0.343 e. The summed E-state index contributed by atoms with van der Waals surface area (Å²) in [5.41, 5.74) is 0.239. The highest BCUT2D eigenvalue weighted by atomic mass is 35.5. The molecule has 138 valence electrons. The second kappa shape index (κ2) is 8.71. The van der Waals surface area contributed by atoms with Crippen molar-refractivity contribution in [2.24, 2.45) is 0 Å². The molecule has 2 aromatic carbocycles. The lowest BCUT2D eigenvalue weighted by atomic mass is 10.1. The SMILES string of the molecule is CC(OC(=O)c1c(F)cccc1Cl)C(=O)NC(C)c1ccc(Cl)cc1Cl. The lowest BCUT2D eigenvalue weighted by molar-refractivity contribution is -0.129. The van der Waals surface area contributed by atoms with Crippen LogP contribution in [0.5, 0.6) is 0 Å². The van der Waals surface area contributed by atoms with Crippen LogP contribution >= 0.6 is 34.8 Å². The molecule has 0 saturated carbocycles.